The molecule has 0 spiro atoms. The fourth-order valence-corrected chi connectivity index (χ4v) is 4.03. The molecule has 2 rings (SSSR count). The quantitative estimate of drug-likeness (QED) is 0.293. The summed E-state index contributed by atoms with van der Waals surface area (Å²) in [7, 11) is -1.60. The summed E-state index contributed by atoms with van der Waals surface area (Å²) in [5, 5.41) is 7.41. The van der Waals surface area contributed by atoms with Crippen LogP contribution in [0.25, 0.3) is 0 Å². The Morgan fingerprint density at radius 1 is 1.06 bits per heavy atom. The van der Waals surface area contributed by atoms with E-state index in [0.717, 1.165) is 36.8 Å². The number of hydrogen-bond acceptors (Lipinski definition) is 6. The van der Waals surface area contributed by atoms with Crippen LogP contribution in [0.4, 0.5) is 5.69 Å². The fraction of sp³-hybridized carbons (Fsp3) is 0.500. The Hall–Kier alpha value is -3.08. The van der Waals surface area contributed by atoms with Crippen molar-refractivity contribution in [2.24, 2.45) is 5.92 Å². The molecular formula is C22H30N4O6S. The maximum atomic E-state index is 12.7. The van der Waals surface area contributed by atoms with Gasteiger partial charge in [-0.1, -0.05) is 26.0 Å². The van der Waals surface area contributed by atoms with Gasteiger partial charge in [-0.05, 0) is 48.8 Å². The molecule has 0 aliphatic heterocycles. The molecule has 0 heterocycles. The Labute approximate surface area is 195 Å². The molecule has 0 fully saturated rings. The first-order valence-corrected chi connectivity index (χ1v) is 12.3. The lowest BCUT2D eigenvalue weighted by atomic mass is 9.90. The summed E-state index contributed by atoms with van der Waals surface area (Å²) in [6.07, 6.45) is 5.05. The summed E-state index contributed by atoms with van der Waals surface area (Å²) in [5.74, 6) is -3.69. The average Bonchev–Trinajstić information content (AvgIpc) is 2.76. The molecule has 1 aromatic carbocycles. The van der Waals surface area contributed by atoms with Gasteiger partial charge < -0.3 is 20.7 Å². The second-order valence-electron chi connectivity index (χ2n) is 8.23. The van der Waals surface area contributed by atoms with E-state index in [-0.39, 0.29) is 0 Å². The maximum absolute atomic E-state index is 12.7. The van der Waals surface area contributed by atoms with E-state index in [4.69, 9.17) is 0 Å². The summed E-state index contributed by atoms with van der Waals surface area (Å²) >= 11 is 0. The van der Waals surface area contributed by atoms with Crippen LogP contribution >= 0.6 is 0 Å². The van der Waals surface area contributed by atoms with Crippen molar-refractivity contribution in [3.8, 4) is 0 Å². The van der Waals surface area contributed by atoms with Gasteiger partial charge >= 0.3 is 11.8 Å². The maximum Gasteiger partial charge on any atom is 0.313 e. The van der Waals surface area contributed by atoms with Gasteiger partial charge in [-0.2, -0.15) is 0 Å². The van der Waals surface area contributed by atoms with Crippen molar-refractivity contribution in [2.75, 3.05) is 11.6 Å². The Morgan fingerprint density at radius 2 is 1.76 bits per heavy atom. The van der Waals surface area contributed by atoms with Crippen molar-refractivity contribution in [1.29, 1.82) is 0 Å². The van der Waals surface area contributed by atoms with Crippen molar-refractivity contribution < 1.29 is 28.2 Å². The van der Waals surface area contributed by atoms with E-state index in [0.29, 0.717) is 12.0 Å². The van der Waals surface area contributed by atoms with Crippen LogP contribution in [0.1, 0.15) is 44.2 Å². The molecule has 4 amide bonds. The van der Waals surface area contributed by atoms with Crippen molar-refractivity contribution in [3.63, 3.8) is 0 Å². The Morgan fingerprint density at radius 3 is 2.39 bits per heavy atom. The zero-order chi connectivity index (χ0) is 24.5. The minimum Gasteiger partial charge on any atom is -0.344 e. The summed E-state index contributed by atoms with van der Waals surface area (Å²) in [5.41, 5.74) is 2.75. The molecule has 11 heteroatoms. The minimum atomic E-state index is -1.60. The molecule has 3 unspecified atom stereocenters. The predicted molar refractivity (Wildman–Crippen MR) is 123 cm³/mol. The number of aryl methyl sites for hydroxylation is 1. The summed E-state index contributed by atoms with van der Waals surface area (Å²) in [6.45, 7) is 3.33. The highest BCUT2D eigenvalue weighted by Gasteiger charge is 2.29. The summed E-state index contributed by atoms with van der Waals surface area (Å²) < 4.78 is 13.2. The Kier molecular flexibility index (Phi) is 9.71. The highest BCUT2D eigenvalue weighted by atomic mass is 32.2. The Balaban J connectivity index is 2.01. The van der Waals surface area contributed by atoms with Crippen LogP contribution in [-0.4, -0.2) is 52.5 Å². The van der Waals surface area contributed by atoms with E-state index >= 15 is 0 Å². The van der Waals surface area contributed by atoms with Gasteiger partial charge in [-0.15, -0.1) is 0 Å². The number of anilines is 1. The molecule has 4 N–H and O–H groups in total. The molecule has 0 saturated carbocycles. The lowest BCUT2D eigenvalue weighted by molar-refractivity contribution is -0.138. The molecule has 1 aromatic rings. The van der Waals surface area contributed by atoms with Crippen LogP contribution in [-0.2, 0) is 47.8 Å². The van der Waals surface area contributed by atoms with Crippen LogP contribution in [0, 0.1) is 5.92 Å². The smallest absolute Gasteiger partial charge is 0.313 e. The first kappa shape index (κ1) is 26.2. The van der Waals surface area contributed by atoms with Crippen molar-refractivity contribution in [2.45, 2.75) is 58.0 Å². The van der Waals surface area contributed by atoms with Crippen LogP contribution < -0.4 is 20.7 Å². The first-order chi connectivity index (χ1) is 15.6. The molecule has 180 valence electrons. The third-order valence-electron chi connectivity index (χ3n) is 5.24. The topological polar surface area (TPSA) is 151 Å². The van der Waals surface area contributed by atoms with Gasteiger partial charge in [0.2, 0.25) is 11.8 Å². The molecule has 0 radical (unpaired) electrons. The number of rotatable bonds is 9. The van der Waals surface area contributed by atoms with Gasteiger partial charge in [0.15, 0.2) is 0 Å². The van der Waals surface area contributed by atoms with Crippen LogP contribution in [0.5, 0.6) is 0 Å². The van der Waals surface area contributed by atoms with Crippen molar-refractivity contribution in [1.82, 2.24) is 15.4 Å². The van der Waals surface area contributed by atoms with Gasteiger partial charge in [-0.3, -0.25) is 23.9 Å². The third-order valence-corrected chi connectivity index (χ3v) is 5.76. The standard InChI is InChI=1S/C22H30N4O6S/c1-13(2)19(20(29)23-15(12-27)11-18(28)26-33(3)32)25-22(31)21(30)24-17-10-6-8-14-7-4-5-9-16(14)17/h6,8,10,12-13,15,19H,4-5,7,9,11H2,1-3H3,(H,23,29)(H,24,30)(H,25,31)(H,26,28). The molecule has 1 aliphatic carbocycles. The predicted octanol–water partition coefficient (Wildman–Crippen LogP) is 0.128. The second-order valence-corrected chi connectivity index (χ2v) is 9.35. The van der Waals surface area contributed by atoms with E-state index in [1.54, 1.807) is 19.9 Å². The molecule has 10 nitrogen and oxygen atoms in total. The fourth-order valence-electron chi connectivity index (χ4n) is 3.63. The van der Waals surface area contributed by atoms with E-state index in [2.05, 4.69) is 20.7 Å². The number of hydrogen-bond donors (Lipinski definition) is 4. The van der Waals surface area contributed by atoms with E-state index < -0.39 is 59.0 Å². The molecule has 1 aliphatic rings. The number of benzene rings is 1. The molecule has 0 saturated heterocycles. The van der Waals surface area contributed by atoms with Crippen LogP contribution in [0.3, 0.4) is 0 Å². The van der Waals surface area contributed by atoms with Gasteiger partial charge in [0.1, 0.15) is 23.3 Å². The molecular weight excluding hydrogens is 448 g/mol. The SMILES string of the molecule is CC(C)C(NC(=O)C(=O)Nc1cccc2c1CCCC2)C(=O)NC(C=O)CC(=O)NS(C)=O. The molecule has 0 bridgehead atoms. The number of carbonyl (C=O) groups is 5. The first-order valence-electron chi connectivity index (χ1n) is 10.7. The van der Waals surface area contributed by atoms with Gasteiger partial charge in [0, 0.05) is 11.9 Å². The summed E-state index contributed by atoms with van der Waals surface area (Å²) in [6, 6.07) is 3.28. The van der Waals surface area contributed by atoms with Gasteiger partial charge in [0.25, 0.3) is 0 Å². The molecule has 3 atom stereocenters. The third kappa shape index (κ3) is 7.77. The molecule has 33 heavy (non-hydrogen) atoms. The lowest BCUT2D eigenvalue weighted by Crippen LogP contribution is -2.54. The normalized spacial score (nSPS) is 15.4. The number of fused-ring (bicyclic) bond motifs is 1. The van der Waals surface area contributed by atoms with E-state index in [9.17, 15) is 28.2 Å². The monoisotopic (exact) mass is 478 g/mol. The van der Waals surface area contributed by atoms with Crippen molar-refractivity contribution >= 4 is 46.6 Å². The number of carbonyl (C=O) groups excluding carboxylic acids is 5. The largest absolute Gasteiger partial charge is 0.344 e. The number of amides is 4. The summed E-state index contributed by atoms with van der Waals surface area (Å²) in [4.78, 5) is 60.7. The zero-order valence-corrected chi connectivity index (χ0v) is 19.8. The second kappa shape index (κ2) is 12.2. The zero-order valence-electron chi connectivity index (χ0n) is 18.9. The van der Waals surface area contributed by atoms with Crippen molar-refractivity contribution in [3.05, 3.63) is 29.3 Å². The minimum absolute atomic E-state index is 0.376. The van der Waals surface area contributed by atoms with E-state index in [1.165, 1.54) is 6.26 Å². The van der Waals surface area contributed by atoms with Crippen LogP contribution in [0.2, 0.25) is 0 Å². The highest BCUT2D eigenvalue weighted by molar-refractivity contribution is 7.82. The van der Waals surface area contributed by atoms with Gasteiger partial charge in [0.05, 0.1) is 12.5 Å². The average molecular weight is 479 g/mol. The molecule has 0 aromatic heterocycles. The van der Waals surface area contributed by atoms with Crippen LogP contribution in [0.15, 0.2) is 18.2 Å². The highest BCUT2D eigenvalue weighted by Crippen LogP contribution is 2.27. The van der Waals surface area contributed by atoms with Gasteiger partial charge in [-0.25, -0.2) is 4.21 Å². The lowest BCUT2D eigenvalue weighted by Gasteiger charge is -2.23. The number of aldehydes is 1. The number of nitrogens with one attached hydrogen (secondary N) is 4. The Bertz CT molecular complexity index is 949. The van der Waals surface area contributed by atoms with E-state index in [1.807, 2.05) is 12.1 Å².